The third kappa shape index (κ3) is 5.53. The van der Waals surface area contributed by atoms with Gasteiger partial charge in [0.05, 0.1) is 0 Å². The van der Waals surface area contributed by atoms with E-state index in [1.807, 2.05) is 0 Å². The Labute approximate surface area is 179 Å². The monoisotopic (exact) mass is 422 g/mol. The largest absolute Gasteiger partial charge is 0.573 e. The second kappa shape index (κ2) is 9.53. The van der Waals surface area contributed by atoms with E-state index in [1.54, 1.807) is 12.1 Å². The summed E-state index contributed by atoms with van der Waals surface area (Å²) in [5, 5.41) is 0. The van der Waals surface area contributed by atoms with E-state index >= 15 is 0 Å². The van der Waals surface area contributed by atoms with E-state index in [4.69, 9.17) is 0 Å². The Kier molecular flexibility index (Phi) is 6.99. The Morgan fingerprint density at radius 2 is 1.37 bits per heavy atom. The molecule has 30 heavy (non-hydrogen) atoms. The van der Waals surface area contributed by atoms with Crippen molar-refractivity contribution in [2.24, 2.45) is 35.5 Å². The van der Waals surface area contributed by atoms with Crippen LogP contribution in [0, 0.1) is 35.5 Å². The first-order valence-electron chi connectivity index (χ1n) is 12.3. The summed E-state index contributed by atoms with van der Waals surface area (Å²) in [5.74, 6) is 5.56. The highest BCUT2D eigenvalue weighted by Crippen LogP contribution is 2.54. The minimum atomic E-state index is -4.62. The number of hydrogen-bond acceptors (Lipinski definition) is 1. The molecule has 0 spiro atoms. The minimum Gasteiger partial charge on any atom is -0.406 e. The number of alkyl halides is 3. The van der Waals surface area contributed by atoms with Crippen LogP contribution in [0.15, 0.2) is 24.3 Å². The molecule has 1 aromatic rings. The van der Waals surface area contributed by atoms with E-state index < -0.39 is 6.36 Å². The summed E-state index contributed by atoms with van der Waals surface area (Å²) in [5.41, 5.74) is 1.12. The van der Waals surface area contributed by atoms with Gasteiger partial charge in [0.25, 0.3) is 0 Å². The molecule has 4 heteroatoms. The lowest BCUT2D eigenvalue weighted by atomic mass is 9.55. The van der Waals surface area contributed by atoms with Gasteiger partial charge in [-0.3, -0.25) is 0 Å². The molecule has 3 fully saturated rings. The zero-order valence-corrected chi connectivity index (χ0v) is 18.3. The third-order valence-electron chi connectivity index (χ3n) is 8.45. The van der Waals surface area contributed by atoms with E-state index in [-0.39, 0.29) is 5.75 Å². The molecule has 0 aliphatic heterocycles. The summed E-state index contributed by atoms with van der Waals surface area (Å²) >= 11 is 0. The van der Waals surface area contributed by atoms with Gasteiger partial charge in [-0.2, -0.15) is 0 Å². The van der Waals surface area contributed by atoms with E-state index in [9.17, 15) is 13.2 Å². The van der Waals surface area contributed by atoms with Gasteiger partial charge in [-0.25, -0.2) is 0 Å². The molecule has 0 saturated heterocycles. The Bertz CT molecular complexity index is 668. The Hall–Kier alpha value is -1.19. The zero-order valence-electron chi connectivity index (χ0n) is 18.3. The Morgan fingerprint density at radius 1 is 0.800 bits per heavy atom. The topological polar surface area (TPSA) is 9.23 Å². The first-order chi connectivity index (χ1) is 14.4. The van der Waals surface area contributed by atoms with Crippen LogP contribution in [0.25, 0.3) is 0 Å². The highest BCUT2D eigenvalue weighted by molar-refractivity contribution is 5.27. The minimum absolute atomic E-state index is 0.128. The van der Waals surface area contributed by atoms with Gasteiger partial charge in [-0.15, -0.1) is 13.2 Å². The average molecular weight is 423 g/mol. The van der Waals surface area contributed by atoms with Gasteiger partial charge < -0.3 is 4.74 Å². The molecule has 4 rings (SSSR count). The number of aryl methyl sites for hydroxylation is 1. The van der Waals surface area contributed by atoms with Gasteiger partial charge in [0.15, 0.2) is 0 Å². The first kappa shape index (κ1) is 22.0. The molecule has 3 aliphatic rings. The molecular weight excluding hydrogens is 385 g/mol. The number of hydrogen-bond donors (Lipinski definition) is 0. The first-order valence-corrected chi connectivity index (χ1v) is 12.3. The van der Waals surface area contributed by atoms with Crippen molar-refractivity contribution in [3.8, 4) is 5.75 Å². The predicted octanol–water partition coefficient (Wildman–Crippen LogP) is 8.18. The summed E-state index contributed by atoms with van der Waals surface area (Å²) in [7, 11) is 0. The van der Waals surface area contributed by atoms with Crippen LogP contribution in [-0.2, 0) is 6.42 Å². The second-order valence-corrected chi connectivity index (χ2v) is 10.3. The van der Waals surface area contributed by atoms with Crippen LogP contribution in [0.5, 0.6) is 5.75 Å². The van der Waals surface area contributed by atoms with Crippen molar-refractivity contribution in [1.82, 2.24) is 0 Å². The normalized spacial score (nSPS) is 34.1. The summed E-state index contributed by atoms with van der Waals surface area (Å²) in [4.78, 5) is 0. The van der Waals surface area contributed by atoms with E-state index in [1.165, 1.54) is 76.3 Å². The van der Waals surface area contributed by atoms with E-state index in [0.717, 1.165) is 53.9 Å². The maximum Gasteiger partial charge on any atom is 0.573 e. The number of ether oxygens (including phenoxy) is 1. The van der Waals surface area contributed by atoms with E-state index in [2.05, 4.69) is 11.7 Å². The number of fused-ring (bicyclic) bond motifs is 3. The molecule has 0 amide bonds. The molecule has 0 radical (unpaired) electrons. The highest BCUT2D eigenvalue weighted by atomic mass is 19.4. The summed E-state index contributed by atoms with van der Waals surface area (Å²) in [6.07, 6.45) is 11.7. The number of benzene rings is 1. The van der Waals surface area contributed by atoms with Gasteiger partial charge >= 0.3 is 6.36 Å². The van der Waals surface area contributed by atoms with Crippen molar-refractivity contribution in [2.75, 3.05) is 0 Å². The summed E-state index contributed by atoms with van der Waals surface area (Å²) in [6.45, 7) is 2.33. The standard InChI is InChI=1S/C26H37F3O/c1-2-3-19-8-14-24-21(16-19)10-11-22-17-20(9-15-25(22)24)5-4-18-6-12-23(13-7-18)30-26(27,28)29/h6-7,12-13,19-22,24-25H,2-5,8-11,14-17H2,1H3. The van der Waals surface area contributed by atoms with Crippen molar-refractivity contribution in [1.29, 1.82) is 0 Å². The zero-order chi connectivity index (χ0) is 21.1. The lowest BCUT2D eigenvalue weighted by Crippen LogP contribution is -2.41. The lowest BCUT2D eigenvalue weighted by molar-refractivity contribution is -0.274. The van der Waals surface area contributed by atoms with Gasteiger partial charge in [-0.1, -0.05) is 44.7 Å². The molecule has 0 bridgehead atoms. The van der Waals surface area contributed by atoms with Crippen LogP contribution in [0.4, 0.5) is 13.2 Å². The van der Waals surface area contributed by atoms with Gasteiger partial charge in [0.1, 0.15) is 5.75 Å². The smallest absolute Gasteiger partial charge is 0.406 e. The summed E-state index contributed by atoms with van der Waals surface area (Å²) in [6, 6.07) is 6.45. The Balaban J connectivity index is 1.25. The molecule has 3 saturated carbocycles. The van der Waals surface area contributed by atoms with Crippen LogP contribution in [0.1, 0.15) is 83.1 Å². The fraction of sp³-hybridized carbons (Fsp3) is 0.769. The summed E-state index contributed by atoms with van der Waals surface area (Å²) < 4.78 is 40.9. The van der Waals surface area contributed by atoms with Crippen molar-refractivity contribution in [3.05, 3.63) is 29.8 Å². The number of rotatable bonds is 6. The number of halogens is 3. The molecule has 3 aliphatic carbocycles. The van der Waals surface area contributed by atoms with Crippen LogP contribution in [-0.4, -0.2) is 6.36 Å². The molecule has 1 aromatic carbocycles. The van der Waals surface area contributed by atoms with Gasteiger partial charge in [0.2, 0.25) is 0 Å². The maximum absolute atomic E-state index is 12.3. The highest BCUT2D eigenvalue weighted by Gasteiger charge is 2.44. The molecule has 0 N–H and O–H groups in total. The fourth-order valence-electron chi connectivity index (χ4n) is 7.15. The van der Waals surface area contributed by atoms with Crippen molar-refractivity contribution >= 4 is 0 Å². The molecule has 6 unspecified atom stereocenters. The van der Waals surface area contributed by atoms with Crippen LogP contribution < -0.4 is 4.74 Å². The maximum atomic E-state index is 12.3. The second-order valence-electron chi connectivity index (χ2n) is 10.3. The fourth-order valence-corrected chi connectivity index (χ4v) is 7.15. The van der Waals surface area contributed by atoms with Crippen LogP contribution >= 0.6 is 0 Å². The van der Waals surface area contributed by atoms with Crippen molar-refractivity contribution in [2.45, 2.75) is 90.3 Å². The Morgan fingerprint density at radius 3 is 1.90 bits per heavy atom. The van der Waals surface area contributed by atoms with Crippen LogP contribution in [0.3, 0.4) is 0 Å². The molecular formula is C26H37F3O. The van der Waals surface area contributed by atoms with Gasteiger partial charge in [0, 0.05) is 0 Å². The SMILES string of the molecule is CCCC1CCC2C(CCC3CC(CCc4ccc(OC(F)(F)F)cc4)CCC32)C1. The van der Waals surface area contributed by atoms with E-state index in [0.29, 0.717) is 0 Å². The molecule has 0 heterocycles. The molecule has 0 aromatic heterocycles. The average Bonchev–Trinajstić information content (AvgIpc) is 2.72. The van der Waals surface area contributed by atoms with Crippen LogP contribution in [0.2, 0.25) is 0 Å². The third-order valence-corrected chi connectivity index (χ3v) is 8.45. The molecule has 6 atom stereocenters. The predicted molar refractivity (Wildman–Crippen MR) is 114 cm³/mol. The van der Waals surface area contributed by atoms with Crippen molar-refractivity contribution in [3.63, 3.8) is 0 Å². The molecule has 168 valence electrons. The quantitative estimate of drug-likeness (QED) is 0.449. The van der Waals surface area contributed by atoms with Crippen molar-refractivity contribution < 1.29 is 17.9 Å². The lowest BCUT2D eigenvalue weighted by Gasteiger charge is -2.51. The molecule has 1 nitrogen and oxygen atoms in total. The van der Waals surface area contributed by atoms with Gasteiger partial charge in [-0.05, 0) is 105 Å².